The maximum atomic E-state index is 11.7. The molecule has 0 aliphatic carbocycles. The van der Waals surface area contributed by atoms with E-state index in [1.807, 2.05) is 0 Å². The van der Waals surface area contributed by atoms with Crippen LogP contribution in [0.15, 0.2) is 0 Å². The topological polar surface area (TPSA) is 92.5 Å². The minimum Gasteiger partial charge on any atom is -0.382 e. The molecule has 1 aromatic rings. The van der Waals surface area contributed by atoms with Gasteiger partial charge in [-0.25, -0.2) is 0 Å². The van der Waals surface area contributed by atoms with Crippen LogP contribution in [-0.4, -0.2) is 61.6 Å². The van der Waals surface area contributed by atoms with Crippen molar-refractivity contribution in [2.24, 2.45) is 0 Å². The maximum Gasteiger partial charge on any atom is 0.257 e. The Balaban J connectivity index is 1.77. The summed E-state index contributed by atoms with van der Waals surface area (Å²) in [6.07, 6.45) is 1.00. The Hall–Kier alpha value is -1.38. The van der Waals surface area contributed by atoms with Gasteiger partial charge in [0.25, 0.3) is 5.91 Å². The largest absolute Gasteiger partial charge is 0.382 e. The van der Waals surface area contributed by atoms with E-state index < -0.39 is 0 Å². The van der Waals surface area contributed by atoms with E-state index >= 15 is 0 Å². The van der Waals surface area contributed by atoms with E-state index in [-0.39, 0.29) is 11.7 Å². The van der Waals surface area contributed by atoms with Crippen molar-refractivity contribution in [1.82, 2.24) is 14.6 Å². The first-order valence-corrected chi connectivity index (χ1v) is 7.51. The second-order valence-corrected chi connectivity index (χ2v) is 5.36. The molecule has 7 nitrogen and oxygen atoms in total. The molecule has 1 saturated heterocycles. The molecule has 0 aromatic carbocycles. The fourth-order valence-corrected chi connectivity index (χ4v) is 2.83. The predicted octanol–water partition coefficient (Wildman–Crippen LogP) is 0.219. The number of hydrogen-bond acceptors (Lipinski definition) is 7. The lowest BCUT2D eigenvalue weighted by Crippen LogP contribution is -2.37. The lowest BCUT2D eigenvalue weighted by Gasteiger charge is -2.26. The van der Waals surface area contributed by atoms with Gasteiger partial charge in [0, 0.05) is 26.7 Å². The normalized spacial score (nSPS) is 16.1. The lowest BCUT2D eigenvalue weighted by molar-refractivity contribution is 0.0378. The Morgan fingerprint density at radius 1 is 1.50 bits per heavy atom. The summed E-state index contributed by atoms with van der Waals surface area (Å²) in [5.74, 6) is 0.0805. The highest BCUT2D eigenvalue weighted by molar-refractivity contribution is 7.11. The number of morpholine rings is 1. The fourth-order valence-electron chi connectivity index (χ4n) is 2.10. The maximum absolute atomic E-state index is 11.7. The molecule has 2 heterocycles. The van der Waals surface area contributed by atoms with Crippen LogP contribution >= 0.6 is 11.5 Å². The van der Waals surface area contributed by atoms with Gasteiger partial charge in [0.15, 0.2) is 5.82 Å². The summed E-state index contributed by atoms with van der Waals surface area (Å²) >= 11 is 1.23. The number of nitrogen functional groups attached to an aromatic ring is 1. The van der Waals surface area contributed by atoms with Gasteiger partial charge in [-0.3, -0.25) is 9.69 Å². The number of ether oxygens (including phenoxy) is 1. The molecule has 1 fully saturated rings. The smallest absolute Gasteiger partial charge is 0.257 e. The first-order chi connectivity index (χ1) is 9.72. The quantitative estimate of drug-likeness (QED) is 0.651. The van der Waals surface area contributed by atoms with Gasteiger partial charge < -0.3 is 21.1 Å². The van der Waals surface area contributed by atoms with Crippen LogP contribution in [-0.2, 0) is 4.74 Å². The second kappa shape index (κ2) is 7.41. The molecule has 8 heteroatoms. The van der Waals surface area contributed by atoms with Crippen molar-refractivity contribution in [2.45, 2.75) is 6.42 Å². The van der Waals surface area contributed by atoms with Crippen molar-refractivity contribution in [3.63, 3.8) is 0 Å². The Morgan fingerprint density at radius 2 is 2.25 bits per heavy atom. The van der Waals surface area contributed by atoms with E-state index in [9.17, 15) is 4.79 Å². The average Bonchev–Trinajstić information content (AvgIpc) is 2.85. The first kappa shape index (κ1) is 15.0. The zero-order chi connectivity index (χ0) is 14.4. The van der Waals surface area contributed by atoms with Gasteiger partial charge in [0.2, 0.25) is 0 Å². The number of nitrogens with zero attached hydrogens (tertiary/aromatic N) is 2. The lowest BCUT2D eigenvalue weighted by atomic mass is 10.3. The van der Waals surface area contributed by atoms with Crippen LogP contribution in [0.4, 0.5) is 10.8 Å². The number of rotatable bonds is 6. The van der Waals surface area contributed by atoms with E-state index in [2.05, 4.69) is 19.9 Å². The molecule has 112 valence electrons. The van der Waals surface area contributed by atoms with Crippen molar-refractivity contribution in [1.29, 1.82) is 0 Å². The Labute approximate surface area is 122 Å². The SMILES string of the molecule is CNC(=O)c1c(N)nsc1NCCCN1CCOCC1. The number of aromatic nitrogens is 1. The summed E-state index contributed by atoms with van der Waals surface area (Å²) in [5.41, 5.74) is 6.16. The molecule has 1 aliphatic rings. The monoisotopic (exact) mass is 299 g/mol. The van der Waals surface area contributed by atoms with Crippen LogP contribution < -0.4 is 16.4 Å². The standard InChI is InChI=1S/C12H21N5O2S/c1-14-11(18)9-10(13)16-20-12(9)15-3-2-4-17-5-7-19-8-6-17/h15H,2-8H2,1H3,(H2,13,16)(H,14,18). The Bertz CT molecular complexity index is 445. The Morgan fingerprint density at radius 3 is 2.95 bits per heavy atom. The predicted molar refractivity (Wildman–Crippen MR) is 80.3 cm³/mol. The molecule has 0 atom stereocenters. The van der Waals surface area contributed by atoms with Gasteiger partial charge in [-0.2, -0.15) is 4.37 Å². The highest BCUT2D eigenvalue weighted by Gasteiger charge is 2.17. The van der Waals surface area contributed by atoms with E-state index in [1.54, 1.807) is 7.05 Å². The van der Waals surface area contributed by atoms with Crippen LogP contribution in [0.1, 0.15) is 16.8 Å². The summed E-state index contributed by atoms with van der Waals surface area (Å²) < 4.78 is 9.33. The molecule has 0 bridgehead atoms. The average molecular weight is 299 g/mol. The zero-order valence-corrected chi connectivity index (χ0v) is 12.5. The number of carbonyl (C=O) groups excluding carboxylic acids is 1. The molecule has 2 rings (SSSR count). The van der Waals surface area contributed by atoms with Crippen molar-refractivity contribution in [3.8, 4) is 0 Å². The molecule has 20 heavy (non-hydrogen) atoms. The number of carbonyl (C=O) groups is 1. The van der Waals surface area contributed by atoms with Crippen molar-refractivity contribution >= 4 is 28.3 Å². The molecule has 4 N–H and O–H groups in total. The van der Waals surface area contributed by atoms with Gasteiger partial charge in [-0.05, 0) is 24.5 Å². The van der Waals surface area contributed by atoms with E-state index in [1.165, 1.54) is 11.5 Å². The van der Waals surface area contributed by atoms with Crippen molar-refractivity contribution < 1.29 is 9.53 Å². The van der Waals surface area contributed by atoms with Crippen molar-refractivity contribution in [3.05, 3.63) is 5.56 Å². The first-order valence-electron chi connectivity index (χ1n) is 6.73. The zero-order valence-electron chi connectivity index (χ0n) is 11.6. The van der Waals surface area contributed by atoms with E-state index in [0.29, 0.717) is 5.56 Å². The van der Waals surface area contributed by atoms with Crippen LogP contribution in [0.2, 0.25) is 0 Å². The summed E-state index contributed by atoms with van der Waals surface area (Å²) in [6, 6.07) is 0. The van der Waals surface area contributed by atoms with Crippen LogP contribution in [0.5, 0.6) is 0 Å². The summed E-state index contributed by atoms with van der Waals surface area (Å²) in [6.45, 7) is 5.45. The van der Waals surface area contributed by atoms with Gasteiger partial charge >= 0.3 is 0 Å². The third kappa shape index (κ3) is 3.81. The number of amides is 1. The highest BCUT2D eigenvalue weighted by Crippen LogP contribution is 2.26. The molecule has 0 saturated carbocycles. The minimum absolute atomic E-state index is 0.202. The minimum atomic E-state index is -0.202. The third-order valence-corrected chi connectivity index (χ3v) is 4.03. The third-order valence-electron chi connectivity index (χ3n) is 3.21. The number of nitrogens with two attached hydrogens (primary N) is 1. The van der Waals surface area contributed by atoms with Crippen LogP contribution in [0.3, 0.4) is 0 Å². The number of nitrogens with one attached hydrogen (secondary N) is 2. The summed E-state index contributed by atoms with van der Waals surface area (Å²) in [7, 11) is 1.58. The van der Waals surface area contributed by atoms with Gasteiger partial charge in [-0.15, -0.1) is 0 Å². The number of hydrogen-bond donors (Lipinski definition) is 3. The van der Waals surface area contributed by atoms with E-state index in [4.69, 9.17) is 10.5 Å². The number of anilines is 2. The Kier molecular flexibility index (Phi) is 5.57. The van der Waals surface area contributed by atoms with Crippen molar-refractivity contribution in [2.75, 3.05) is 57.5 Å². The molecule has 0 radical (unpaired) electrons. The van der Waals surface area contributed by atoms with E-state index in [0.717, 1.165) is 50.8 Å². The molecular formula is C12H21N5O2S. The van der Waals surface area contributed by atoms with Gasteiger partial charge in [0.05, 0.1) is 13.2 Å². The fraction of sp³-hybridized carbons (Fsp3) is 0.667. The molecule has 1 aromatic heterocycles. The summed E-state index contributed by atoms with van der Waals surface area (Å²) in [5, 5.41) is 6.56. The molecule has 0 spiro atoms. The molecular weight excluding hydrogens is 278 g/mol. The summed E-state index contributed by atoms with van der Waals surface area (Å²) in [4.78, 5) is 14.1. The van der Waals surface area contributed by atoms with Crippen LogP contribution in [0, 0.1) is 0 Å². The van der Waals surface area contributed by atoms with Gasteiger partial charge in [0.1, 0.15) is 10.6 Å². The molecule has 0 unspecified atom stereocenters. The second-order valence-electron chi connectivity index (χ2n) is 4.59. The molecule has 1 aliphatic heterocycles. The molecule has 1 amide bonds. The highest BCUT2D eigenvalue weighted by atomic mass is 32.1. The van der Waals surface area contributed by atoms with Crippen LogP contribution in [0.25, 0.3) is 0 Å². The van der Waals surface area contributed by atoms with Gasteiger partial charge in [-0.1, -0.05) is 0 Å².